The molecule has 2 amide bonds. The number of urea groups is 1. The number of nitrogens with zero attached hydrogens (tertiary/aromatic N) is 1. The van der Waals surface area contributed by atoms with E-state index in [-0.39, 0.29) is 11.4 Å². The van der Waals surface area contributed by atoms with E-state index in [0.717, 1.165) is 29.1 Å². The van der Waals surface area contributed by atoms with E-state index in [0.29, 0.717) is 5.02 Å². The molecule has 1 aliphatic heterocycles. The lowest BCUT2D eigenvalue weighted by atomic mass is 10.1. The zero-order valence-corrected chi connectivity index (χ0v) is 14.7. The molecule has 1 saturated heterocycles. The van der Waals surface area contributed by atoms with Crippen LogP contribution in [0.3, 0.4) is 0 Å². The summed E-state index contributed by atoms with van der Waals surface area (Å²) in [5, 5.41) is 3.71. The molecule has 0 saturated carbocycles. The predicted molar refractivity (Wildman–Crippen MR) is 98.3 cm³/mol. The molecule has 1 N–H and O–H groups in total. The van der Waals surface area contributed by atoms with E-state index in [1.54, 1.807) is 11.8 Å². The van der Waals surface area contributed by atoms with Gasteiger partial charge in [0.1, 0.15) is 5.37 Å². The van der Waals surface area contributed by atoms with Crippen molar-refractivity contribution in [2.75, 3.05) is 17.6 Å². The topological polar surface area (TPSA) is 32.3 Å². The fourth-order valence-corrected chi connectivity index (χ4v) is 4.28. The van der Waals surface area contributed by atoms with Gasteiger partial charge in [-0.25, -0.2) is 4.79 Å². The van der Waals surface area contributed by atoms with Crippen LogP contribution in [-0.2, 0) is 0 Å². The number of carbonyl (C=O) groups is 1. The first kappa shape index (κ1) is 16.2. The molecule has 120 valence electrons. The highest BCUT2D eigenvalue weighted by Crippen LogP contribution is 2.41. The summed E-state index contributed by atoms with van der Waals surface area (Å²) < 4.78 is 0. The van der Waals surface area contributed by atoms with Crippen molar-refractivity contribution >= 4 is 35.1 Å². The van der Waals surface area contributed by atoms with Crippen LogP contribution in [0.1, 0.15) is 22.1 Å². The van der Waals surface area contributed by atoms with Crippen molar-refractivity contribution in [3.8, 4) is 0 Å². The number of rotatable bonds is 2. The van der Waals surface area contributed by atoms with Crippen molar-refractivity contribution in [1.29, 1.82) is 0 Å². The minimum Gasteiger partial charge on any atom is -0.308 e. The van der Waals surface area contributed by atoms with Crippen molar-refractivity contribution in [3.63, 3.8) is 0 Å². The van der Waals surface area contributed by atoms with E-state index in [4.69, 9.17) is 11.6 Å². The zero-order chi connectivity index (χ0) is 16.4. The van der Waals surface area contributed by atoms with Gasteiger partial charge in [-0.05, 0) is 37.1 Å². The van der Waals surface area contributed by atoms with Gasteiger partial charge in [-0.1, -0.05) is 41.9 Å². The van der Waals surface area contributed by atoms with Gasteiger partial charge in [0, 0.05) is 28.6 Å². The van der Waals surface area contributed by atoms with Crippen molar-refractivity contribution in [3.05, 3.63) is 64.2 Å². The van der Waals surface area contributed by atoms with Crippen LogP contribution in [-0.4, -0.2) is 23.2 Å². The summed E-state index contributed by atoms with van der Waals surface area (Å²) >= 11 is 8.05. The molecule has 3 nitrogen and oxygen atoms in total. The Bertz CT molecular complexity index is 735. The molecule has 0 aliphatic carbocycles. The van der Waals surface area contributed by atoms with E-state index in [2.05, 4.69) is 5.32 Å². The number of hydrogen-bond acceptors (Lipinski definition) is 2. The number of carbonyl (C=O) groups excluding carboxylic acids is 1. The summed E-state index contributed by atoms with van der Waals surface area (Å²) in [7, 11) is 0. The lowest BCUT2D eigenvalue weighted by Gasteiger charge is -2.25. The average Bonchev–Trinajstić information content (AvgIpc) is 3.02. The Morgan fingerprint density at radius 1 is 1.22 bits per heavy atom. The summed E-state index contributed by atoms with van der Waals surface area (Å²) in [6, 6.07) is 13.6. The Labute approximate surface area is 146 Å². The van der Waals surface area contributed by atoms with E-state index >= 15 is 0 Å². The third-order valence-electron chi connectivity index (χ3n) is 4.17. The van der Waals surface area contributed by atoms with Gasteiger partial charge in [0.25, 0.3) is 0 Å². The van der Waals surface area contributed by atoms with E-state index in [1.807, 2.05) is 61.2 Å². The lowest BCUT2D eigenvalue weighted by Crippen LogP contribution is -2.34. The van der Waals surface area contributed by atoms with Crippen LogP contribution in [0, 0.1) is 13.8 Å². The monoisotopic (exact) mass is 346 g/mol. The average molecular weight is 347 g/mol. The van der Waals surface area contributed by atoms with Crippen LogP contribution in [0.5, 0.6) is 0 Å². The van der Waals surface area contributed by atoms with Crippen LogP contribution >= 0.6 is 23.4 Å². The van der Waals surface area contributed by atoms with Gasteiger partial charge < -0.3 is 10.2 Å². The lowest BCUT2D eigenvalue weighted by molar-refractivity contribution is 0.214. The maximum Gasteiger partial charge on any atom is 0.323 e. The molecule has 3 rings (SSSR count). The smallest absolute Gasteiger partial charge is 0.308 e. The van der Waals surface area contributed by atoms with E-state index in [9.17, 15) is 4.79 Å². The van der Waals surface area contributed by atoms with Crippen LogP contribution in [0.25, 0.3) is 0 Å². The number of hydrogen-bond donors (Lipinski definition) is 1. The molecule has 2 aromatic carbocycles. The molecular formula is C18H19ClN2OS. The summed E-state index contributed by atoms with van der Waals surface area (Å²) in [5.41, 5.74) is 4.13. The fraction of sp³-hybridized carbons (Fsp3) is 0.278. The summed E-state index contributed by atoms with van der Waals surface area (Å²) in [5.74, 6) is 0.913. The van der Waals surface area contributed by atoms with Crippen molar-refractivity contribution in [2.24, 2.45) is 0 Å². The number of anilines is 1. The number of halogens is 1. The van der Waals surface area contributed by atoms with Crippen LogP contribution < -0.4 is 5.32 Å². The predicted octanol–water partition coefficient (Wildman–Crippen LogP) is 5.24. The van der Waals surface area contributed by atoms with Gasteiger partial charge in [-0.15, -0.1) is 11.8 Å². The first-order chi connectivity index (χ1) is 11.1. The second-order valence-corrected chi connectivity index (χ2v) is 7.21. The number of aryl methyl sites for hydroxylation is 1. The van der Waals surface area contributed by atoms with Crippen LogP contribution in [0.4, 0.5) is 10.5 Å². The highest BCUT2D eigenvalue weighted by Gasteiger charge is 2.32. The minimum absolute atomic E-state index is 0.0335. The second kappa shape index (κ2) is 6.85. The zero-order valence-electron chi connectivity index (χ0n) is 13.2. The third kappa shape index (κ3) is 3.33. The third-order valence-corrected chi connectivity index (χ3v) is 5.76. The number of thioether (sulfide) groups is 1. The molecule has 1 heterocycles. The van der Waals surface area contributed by atoms with Gasteiger partial charge in [0.05, 0.1) is 0 Å². The Morgan fingerprint density at radius 3 is 2.78 bits per heavy atom. The van der Waals surface area contributed by atoms with Crippen LogP contribution in [0.15, 0.2) is 42.5 Å². The Kier molecular flexibility index (Phi) is 4.83. The quantitative estimate of drug-likeness (QED) is 0.806. The molecule has 5 heteroatoms. The number of amides is 2. The molecule has 1 aliphatic rings. The second-order valence-electron chi connectivity index (χ2n) is 5.62. The van der Waals surface area contributed by atoms with Gasteiger partial charge >= 0.3 is 6.03 Å². The Morgan fingerprint density at radius 2 is 2.00 bits per heavy atom. The standard InChI is InChI=1S/C18H19ClN2OS/c1-12-6-5-9-16(13(12)2)20-18(22)21-10-11-23-17(21)14-7-3-4-8-15(14)19/h3-9,17H,10-11H2,1-2H3,(H,20,22). The first-order valence-corrected chi connectivity index (χ1v) is 9.00. The Balaban J connectivity index is 1.81. The molecule has 1 atom stereocenters. The number of nitrogens with one attached hydrogen (secondary N) is 1. The molecule has 0 spiro atoms. The van der Waals surface area contributed by atoms with Crippen molar-refractivity contribution in [2.45, 2.75) is 19.2 Å². The largest absolute Gasteiger partial charge is 0.323 e. The van der Waals surface area contributed by atoms with E-state index < -0.39 is 0 Å². The van der Waals surface area contributed by atoms with Gasteiger partial charge in [0.15, 0.2) is 0 Å². The highest BCUT2D eigenvalue weighted by atomic mass is 35.5. The van der Waals surface area contributed by atoms with Gasteiger partial charge in [0.2, 0.25) is 0 Å². The molecule has 0 aromatic heterocycles. The first-order valence-electron chi connectivity index (χ1n) is 7.58. The maximum atomic E-state index is 12.7. The summed E-state index contributed by atoms with van der Waals surface area (Å²) in [4.78, 5) is 14.6. The van der Waals surface area contributed by atoms with Crippen LogP contribution in [0.2, 0.25) is 5.02 Å². The molecule has 2 aromatic rings. The number of benzene rings is 2. The van der Waals surface area contributed by atoms with Gasteiger partial charge in [-0.2, -0.15) is 0 Å². The molecular weight excluding hydrogens is 328 g/mol. The Hall–Kier alpha value is -1.65. The SMILES string of the molecule is Cc1cccc(NC(=O)N2CCSC2c2ccccc2Cl)c1C. The minimum atomic E-state index is -0.0754. The molecule has 0 bridgehead atoms. The fourth-order valence-electron chi connectivity index (χ4n) is 2.68. The molecule has 1 fully saturated rings. The van der Waals surface area contributed by atoms with Crippen molar-refractivity contribution in [1.82, 2.24) is 4.90 Å². The normalized spacial score (nSPS) is 17.3. The van der Waals surface area contributed by atoms with Gasteiger partial charge in [-0.3, -0.25) is 0 Å². The van der Waals surface area contributed by atoms with E-state index in [1.165, 1.54) is 5.56 Å². The molecule has 23 heavy (non-hydrogen) atoms. The highest BCUT2D eigenvalue weighted by molar-refractivity contribution is 7.99. The summed E-state index contributed by atoms with van der Waals surface area (Å²) in [6.45, 7) is 4.79. The molecule has 0 radical (unpaired) electrons. The van der Waals surface area contributed by atoms with Crippen molar-refractivity contribution < 1.29 is 4.79 Å². The summed E-state index contributed by atoms with van der Waals surface area (Å²) in [6.07, 6.45) is 0. The molecule has 1 unspecified atom stereocenters. The maximum absolute atomic E-state index is 12.7.